The van der Waals surface area contributed by atoms with Crippen LogP contribution >= 0.6 is 0 Å². The minimum Gasteiger partial charge on any atom is -0.452 e. The van der Waals surface area contributed by atoms with Crippen molar-refractivity contribution in [3.8, 4) is 0 Å². The topological polar surface area (TPSA) is 89.7 Å². The van der Waals surface area contributed by atoms with Crippen LogP contribution in [0.15, 0.2) is 24.3 Å². The van der Waals surface area contributed by atoms with E-state index in [9.17, 15) is 18.8 Å². The maximum atomic E-state index is 13.4. The summed E-state index contributed by atoms with van der Waals surface area (Å²) in [5.41, 5.74) is 5.02. The van der Waals surface area contributed by atoms with Gasteiger partial charge in [0, 0.05) is 13.1 Å². The van der Waals surface area contributed by atoms with Gasteiger partial charge in [0.2, 0.25) is 5.91 Å². The van der Waals surface area contributed by atoms with Crippen molar-refractivity contribution in [2.24, 2.45) is 11.7 Å². The average Bonchev–Trinajstić information content (AvgIpc) is 2.52. The highest BCUT2D eigenvalue weighted by atomic mass is 19.1. The van der Waals surface area contributed by atoms with Crippen molar-refractivity contribution in [3.05, 3.63) is 35.6 Å². The minimum absolute atomic E-state index is 0.219. The molecular weight excluding hydrogens is 291 g/mol. The molecule has 0 saturated carbocycles. The van der Waals surface area contributed by atoms with Crippen LogP contribution in [-0.2, 0) is 14.3 Å². The molecule has 1 fully saturated rings. The first-order valence-electron chi connectivity index (χ1n) is 6.97. The predicted molar refractivity (Wildman–Crippen MR) is 75.2 cm³/mol. The van der Waals surface area contributed by atoms with Gasteiger partial charge in [0.25, 0.3) is 5.91 Å². The largest absolute Gasteiger partial charge is 0.452 e. The summed E-state index contributed by atoms with van der Waals surface area (Å²) in [5.74, 6) is -2.84. The van der Waals surface area contributed by atoms with E-state index in [0.29, 0.717) is 19.4 Å². The third-order valence-electron chi connectivity index (χ3n) is 3.60. The Balaban J connectivity index is 1.89. The number of hydrogen-bond donors (Lipinski definition) is 1. The molecule has 0 radical (unpaired) electrons. The second-order valence-electron chi connectivity index (χ2n) is 5.14. The van der Waals surface area contributed by atoms with Crippen LogP contribution in [0.25, 0.3) is 0 Å². The Bertz CT molecular complexity index is 591. The number of halogens is 1. The fraction of sp³-hybridized carbons (Fsp3) is 0.400. The summed E-state index contributed by atoms with van der Waals surface area (Å²) in [6, 6.07) is 5.38. The van der Waals surface area contributed by atoms with Gasteiger partial charge >= 0.3 is 5.97 Å². The Kier molecular flexibility index (Phi) is 5.08. The maximum absolute atomic E-state index is 13.4. The average molecular weight is 308 g/mol. The summed E-state index contributed by atoms with van der Waals surface area (Å²) in [7, 11) is 0. The number of ether oxygens (including phenoxy) is 1. The number of carbonyl (C=O) groups excluding carboxylic acids is 3. The highest BCUT2D eigenvalue weighted by molar-refractivity contribution is 5.91. The van der Waals surface area contributed by atoms with E-state index in [-0.39, 0.29) is 18.0 Å². The van der Waals surface area contributed by atoms with E-state index in [1.165, 1.54) is 23.1 Å². The molecule has 22 heavy (non-hydrogen) atoms. The molecule has 6 nitrogen and oxygen atoms in total. The number of esters is 1. The van der Waals surface area contributed by atoms with Gasteiger partial charge in [0.15, 0.2) is 6.61 Å². The highest BCUT2D eigenvalue weighted by Crippen LogP contribution is 2.16. The standard InChI is InChI=1S/C15H17FN2O4/c16-12-6-2-1-5-11(12)15(21)22-9-13(19)18-7-3-4-10(8-18)14(17)20/h1-2,5-6,10H,3-4,7-9H2,(H2,17,20). The van der Waals surface area contributed by atoms with Crippen LogP contribution in [0.3, 0.4) is 0 Å². The van der Waals surface area contributed by atoms with Crippen LogP contribution in [0.5, 0.6) is 0 Å². The Morgan fingerprint density at radius 3 is 2.73 bits per heavy atom. The van der Waals surface area contributed by atoms with E-state index in [1.807, 2.05) is 0 Å². The second kappa shape index (κ2) is 7.02. The number of nitrogens with two attached hydrogens (primary N) is 1. The fourth-order valence-corrected chi connectivity index (χ4v) is 2.36. The van der Waals surface area contributed by atoms with E-state index in [1.54, 1.807) is 0 Å². The number of benzene rings is 1. The summed E-state index contributed by atoms with van der Waals surface area (Å²) < 4.78 is 18.2. The molecule has 1 unspecified atom stereocenters. The Labute approximate surface area is 127 Å². The zero-order chi connectivity index (χ0) is 16.1. The van der Waals surface area contributed by atoms with Crippen LogP contribution in [0.2, 0.25) is 0 Å². The minimum atomic E-state index is -0.894. The summed E-state index contributed by atoms with van der Waals surface area (Å²) in [6.45, 7) is 0.226. The number of likely N-dealkylation sites (tertiary alicyclic amines) is 1. The first kappa shape index (κ1) is 15.9. The maximum Gasteiger partial charge on any atom is 0.341 e. The number of primary amides is 1. The molecule has 0 aromatic heterocycles. The molecule has 7 heteroatoms. The van der Waals surface area contributed by atoms with Crippen LogP contribution in [0.4, 0.5) is 4.39 Å². The molecule has 1 atom stereocenters. The number of hydrogen-bond acceptors (Lipinski definition) is 4. The predicted octanol–water partition coefficient (Wildman–Crippen LogP) is 0.706. The lowest BCUT2D eigenvalue weighted by atomic mass is 9.97. The molecule has 2 N–H and O–H groups in total. The van der Waals surface area contributed by atoms with Gasteiger partial charge in [-0.1, -0.05) is 12.1 Å². The van der Waals surface area contributed by atoms with Crippen LogP contribution < -0.4 is 5.73 Å². The first-order chi connectivity index (χ1) is 10.5. The van der Waals surface area contributed by atoms with Gasteiger partial charge in [-0.2, -0.15) is 0 Å². The molecule has 0 aliphatic carbocycles. The Morgan fingerprint density at radius 2 is 2.05 bits per heavy atom. The second-order valence-corrected chi connectivity index (χ2v) is 5.14. The smallest absolute Gasteiger partial charge is 0.341 e. The SMILES string of the molecule is NC(=O)C1CCCN(C(=O)COC(=O)c2ccccc2F)C1. The van der Waals surface area contributed by atoms with Gasteiger partial charge in [-0.15, -0.1) is 0 Å². The molecule has 1 aliphatic heterocycles. The van der Waals surface area contributed by atoms with Crippen molar-refractivity contribution in [2.45, 2.75) is 12.8 Å². The van der Waals surface area contributed by atoms with Crippen LogP contribution in [-0.4, -0.2) is 42.4 Å². The molecule has 2 amide bonds. The van der Waals surface area contributed by atoms with Crippen molar-refractivity contribution >= 4 is 17.8 Å². The molecule has 2 rings (SSSR count). The molecule has 1 saturated heterocycles. The number of piperidine rings is 1. The lowest BCUT2D eigenvalue weighted by molar-refractivity contribution is -0.137. The monoisotopic (exact) mass is 308 g/mol. The molecule has 1 aromatic rings. The summed E-state index contributed by atoms with van der Waals surface area (Å²) in [4.78, 5) is 36.3. The van der Waals surface area contributed by atoms with E-state index in [4.69, 9.17) is 10.5 Å². The van der Waals surface area contributed by atoms with E-state index in [0.717, 1.165) is 6.07 Å². The summed E-state index contributed by atoms with van der Waals surface area (Å²) in [6.07, 6.45) is 1.31. The van der Waals surface area contributed by atoms with Crippen molar-refractivity contribution in [3.63, 3.8) is 0 Å². The van der Waals surface area contributed by atoms with Gasteiger partial charge in [-0.3, -0.25) is 9.59 Å². The quantitative estimate of drug-likeness (QED) is 0.829. The highest BCUT2D eigenvalue weighted by Gasteiger charge is 2.27. The van der Waals surface area contributed by atoms with Crippen LogP contribution in [0.1, 0.15) is 23.2 Å². The number of rotatable bonds is 4. The molecule has 1 aromatic carbocycles. The molecule has 0 spiro atoms. The number of amides is 2. The molecule has 0 bridgehead atoms. The van der Waals surface area contributed by atoms with Gasteiger partial charge < -0.3 is 15.4 Å². The normalized spacial score (nSPS) is 17.9. The van der Waals surface area contributed by atoms with E-state index in [2.05, 4.69) is 0 Å². The molecule has 118 valence electrons. The molecular formula is C15H17FN2O4. The molecule has 1 aliphatic rings. The van der Waals surface area contributed by atoms with Crippen molar-refractivity contribution in [1.82, 2.24) is 4.90 Å². The third kappa shape index (κ3) is 3.81. The lowest BCUT2D eigenvalue weighted by Gasteiger charge is -2.31. The fourth-order valence-electron chi connectivity index (χ4n) is 2.36. The molecule has 1 heterocycles. The van der Waals surface area contributed by atoms with Gasteiger partial charge in [-0.05, 0) is 25.0 Å². The van der Waals surface area contributed by atoms with Crippen molar-refractivity contribution in [1.29, 1.82) is 0 Å². The summed E-state index contributed by atoms with van der Waals surface area (Å²) >= 11 is 0. The number of nitrogens with zero attached hydrogens (tertiary/aromatic N) is 1. The lowest BCUT2D eigenvalue weighted by Crippen LogP contribution is -2.45. The van der Waals surface area contributed by atoms with Crippen molar-refractivity contribution in [2.75, 3.05) is 19.7 Å². The number of carbonyl (C=O) groups is 3. The zero-order valence-electron chi connectivity index (χ0n) is 12.0. The first-order valence-corrected chi connectivity index (χ1v) is 6.97. The van der Waals surface area contributed by atoms with E-state index < -0.39 is 30.2 Å². The van der Waals surface area contributed by atoms with E-state index >= 15 is 0 Å². The van der Waals surface area contributed by atoms with Gasteiger partial charge in [0.1, 0.15) is 5.82 Å². The van der Waals surface area contributed by atoms with Gasteiger partial charge in [0.05, 0.1) is 11.5 Å². The summed E-state index contributed by atoms with van der Waals surface area (Å²) in [5, 5.41) is 0. The zero-order valence-corrected chi connectivity index (χ0v) is 12.0. The van der Waals surface area contributed by atoms with Gasteiger partial charge in [-0.25, -0.2) is 9.18 Å². The van der Waals surface area contributed by atoms with Crippen LogP contribution in [0, 0.1) is 11.7 Å². The third-order valence-corrected chi connectivity index (χ3v) is 3.60. The Hall–Kier alpha value is -2.44. The van der Waals surface area contributed by atoms with Crippen molar-refractivity contribution < 1.29 is 23.5 Å². The Morgan fingerprint density at radius 1 is 1.32 bits per heavy atom.